The zero-order valence-electron chi connectivity index (χ0n) is 6.26. The number of nitrogens with two attached hydrogens (primary N) is 1. The van der Waals surface area contributed by atoms with Gasteiger partial charge in [-0.3, -0.25) is 4.98 Å². The maximum absolute atomic E-state index is 5.86. The SMILES string of the molecule is NCCCc1ccncc1Cl. The van der Waals surface area contributed by atoms with Crippen molar-refractivity contribution >= 4 is 11.6 Å². The second kappa shape index (κ2) is 4.31. The number of aromatic nitrogens is 1. The number of hydrogen-bond acceptors (Lipinski definition) is 2. The van der Waals surface area contributed by atoms with Gasteiger partial charge in [-0.25, -0.2) is 0 Å². The molecule has 0 fully saturated rings. The van der Waals surface area contributed by atoms with Gasteiger partial charge in [0.2, 0.25) is 0 Å². The summed E-state index contributed by atoms with van der Waals surface area (Å²) in [5.74, 6) is 0. The summed E-state index contributed by atoms with van der Waals surface area (Å²) in [5.41, 5.74) is 6.50. The molecule has 11 heavy (non-hydrogen) atoms. The van der Waals surface area contributed by atoms with Crippen LogP contribution in [-0.2, 0) is 6.42 Å². The first kappa shape index (κ1) is 8.50. The lowest BCUT2D eigenvalue weighted by molar-refractivity contribution is 0.831. The largest absolute Gasteiger partial charge is 0.330 e. The number of nitrogens with zero attached hydrogens (tertiary/aromatic N) is 1. The van der Waals surface area contributed by atoms with E-state index in [1.54, 1.807) is 12.4 Å². The molecule has 0 unspecified atom stereocenters. The topological polar surface area (TPSA) is 38.9 Å². The first-order valence-corrected chi connectivity index (χ1v) is 4.01. The van der Waals surface area contributed by atoms with Crippen molar-refractivity contribution in [2.45, 2.75) is 12.8 Å². The van der Waals surface area contributed by atoms with Crippen LogP contribution < -0.4 is 5.73 Å². The fourth-order valence-corrected chi connectivity index (χ4v) is 1.11. The highest BCUT2D eigenvalue weighted by atomic mass is 35.5. The quantitative estimate of drug-likeness (QED) is 0.749. The lowest BCUT2D eigenvalue weighted by Gasteiger charge is -2.00. The van der Waals surface area contributed by atoms with Crippen molar-refractivity contribution in [3.05, 3.63) is 29.0 Å². The van der Waals surface area contributed by atoms with E-state index < -0.39 is 0 Å². The molecular formula is C8H11ClN2. The van der Waals surface area contributed by atoms with Gasteiger partial charge in [-0.1, -0.05) is 11.6 Å². The summed E-state index contributed by atoms with van der Waals surface area (Å²) >= 11 is 5.86. The Morgan fingerprint density at radius 2 is 2.36 bits per heavy atom. The third-order valence-corrected chi connectivity index (χ3v) is 1.85. The van der Waals surface area contributed by atoms with E-state index in [1.165, 1.54) is 0 Å². The molecule has 1 heterocycles. The van der Waals surface area contributed by atoms with E-state index in [0.717, 1.165) is 23.4 Å². The van der Waals surface area contributed by atoms with Crippen molar-refractivity contribution in [3.8, 4) is 0 Å². The normalized spacial score (nSPS) is 10.0. The van der Waals surface area contributed by atoms with Gasteiger partial charge in [0, 0.05) is 12.4 Å². The van der Waals surface area contributed by atoms with Gasteiger partial charge < -0.3 is 5.73 Å². The molecule has 2 N–H and O–H groups in total. The van der Waals surface area contributed by atoms with Crippen LogP contribution in [0.3, 0.4) is 0 Å². The molecule has 0 aliphatic carbocycles. The van der Waals surface area contributed by atoms with Gasteiger partial charge in [-0.05, 0) is 31.0 Å². The highest BCUT2D eigenvalue weighted by molar-refractivity contribution is 6.31. The minimum Gasteiger partial charge on any atom is -0.330 e. The summed E-state index contributed by atoms with van der Waals surface area (Å²) in [7, 11) is 0. The summed E-state index contributed by atoms with van der Waals surface area (Å²) in [4.78, 5) is 3.89. The minimum absolute atomic E-state index is 0.707. The van der Waals surface area contributed by atoms with Crippen LogP contribution in [0.1, 0.15) is 12.0 Å². The molecule has 1 aromatic rings. The summed E-state index contributed by atoms with van der Waals surface area (Å²) < 4.78 is 0. The number of hydrogen-bond donors (Lipinski definition) is 1. The van der Waals surface area contributed by atoms with Crippen molar-refractivity contribution in [2.75, 3.05) is 6.54 Å². The molecule has 1 aromatic heterocycles. The van der Waals surface area contributed by atoms with Crippen molar-refractivity contribution < 1.29 is 0 Å². The molecule has 1 rings (SSSR count). The molecule has 0 atom stereocenters. The zero-order valence-corrected chi connectivity index (χ0v) is 7.01. The average Bonchev–Trinajstić information content (AvgIpc) is 2.03. The van der Waals surface area contributed by atoms with Crippen LogP contribution in [0.4, 0.5) is 0 Å². The Morgan fingerprint density at radius 1 is 1.55 bits per heavy atom. The molecule has 0 aliphatic rings. The van der Waals surface area contributed by atoms with Gasteiger partial charge in [0.05, 0.1) is 5.02 Å². The molecule has 0 saturated heterocycles. The van der Waals surface area contributed by atoms with Gasteiger partial charge in [-0.15, -0.1) is 0 Å². The molecule has 2 nitrogen and oxygen atoms in total. The summed E-state index contributed by atoms with van der Waals surface area (Å²) in [6.45, 7) is 0.707. The van der Waals surface area contributed by atoms with Gasteiger partial charge in [0.1, 0.15) is 0 Å². The van der Waals surface area contributed by atoms with E-state index in [2.05, 4.69) is 4.98 Å². The van der Waals surface area contributed by atoms with Crippen LogP contribution in [0.5, 0.6) is 0 Å². The van der Waals surface area contributed by atoms with Crippen LogP contribution in [-0.4, -0.2) is 11.5 Å². The lowest BCUT2D eigenvalue weighted by atomic mass is 10.1. The maximum atomic E-state index is 5.86. The Hall–Kier alpha value is -0.600. The molecule has 0 amide bonds. The molecule has 0 aliphatic heterocycles. The van der Waals surface area contributed by atoms with Crippen molar-refractivity contribution in [1.29, 1.82) is 0 Å². The summed E-state index contributed by atoms with van der Waals surface area (Å²) in [6, 6.07) is 1.93. The fourth-order valence-electron chi connectivity index (χ4n) is 0.899. The molecule has 60 valence electrons. The number of rotatable bonds is 3. The van der Waals surface area contributed by atoms with Crippen LogP contribution in [0, 0.1) is 0 Å². The minimum atomic E-state index is 0.707. The van der Waals surface area contributed by atoms with Crippen LogP contribution in [0.25, 0.3) is 0 Å². The Balaban J connectivity index is 2.62. The predicted octanol–water partition coefficient (Wildman–Crippen LogP) is 1.63. The highest BCUT2D eigenvalue weighted by Crippen LogP contribution is 2.14. The van der Waals surface area contributed by atoms with E-state index in [9.17, 15) is 0 Å². The Kier molecular flexibility index (Phi) is 3.33. The van der Waals surface area contributed by atoms with E-state index >= 15 is 0 Å². The van der Waals surface area contributed by atoms with Crippen molar-refractivity contribution in [3.63, 3.8) is 0 Å². The first-order chi connectivity index (χ1) is 5.34. The Bertz CT molecular complexity index is 225. The zero-order chi connectivity index (χ0) is 8.10. The van der Waals surface area contributed by atoms with E-state index in [0.29, 0.717) is 6.54 Å². The second-order valence-corrected chi connectivity index (χ2v) is 2.77. The van der Waals surface area contributed by atoms with E-state index in [4.69, 9.17) is 17.3 Å². The molecule has 3 heteroatoms. The Morgan fingerprint density at radius 3 is 3.00 bits per heavy atom. The van der Waals surface area contributed by atoms with E-state index in [-0.39, 0.29) is 0 Å². The third kappa shape index (κ3) is 2.48. The third-order valence-electron chi connectivity index (χ3n) is 1.51. The maximum Gasteiger partial charge on any atom is 0.0621 e. The molecule has 0 aromatic carbocycles. The monoisotopic (exact) mass is 170 g/mol. The standard InChI is InChI=1S/C8H11ClN2/c9-8-6-11-5-3-7(8)2-1-4-10/h3,5-6H,1-2,4,10H2. The molecular weight excluding hydrogens is 160 g/mol. The predicted molar refractivity (Wildman–Crippen MR) is 46.6 cm³/mol. The Labute approximate surface area is 71.4 Å². The lowest BCUT2D eigenvalue weighted by Crippen LogP contribution is -2.00. The van der Waals surface area contributed by atoms with Crippen LogP contribution in [0.15, 0.2) is 18.5 Å². The molecule has 0 bridgehead atoms. The first-order valence-electron chi connectivity index (χ1n) is 3.63. The smallest absolute Gasteiger partial charge is 0.0621 e. The van der Waals surface area contributed by atoms with Crippen molar-refractivity contribution in [2.24, 2.45) is 5.73 Å². The number of aryl methyl sites for hydroxylation is 1. The van der Waals surface area contributed by atoms with Gasteiger partial charge in [0.25, 0.3) is 0 Å². The van der Waals surface area contributed by atoms with Gasteiger partial charge in [-0.2, -0.15) is 0 Å². The van der Waals surface area contributed by atoms with Gasteiger partial charge >= 0.3 is 0 Å². The number of pyridine rings is 1. The summed E-state index contributed by atoms with van der Waals surface area (Å²) in [6.07, 6.45) is 5.33. The molecule has 0 spiro atoms. The van der Waals surface area contributed by atoms with Gasteiger partial charge in [0.15, 0.2) is 0 Å². The van der Waals surface area contributed by atoms with Crippen LogP contribution in [0.2, 0.25) is 5.02 Å². The van der Waals surface area contributed by atoms with Crippen molar-refractivity contribution in [1.82, 2.24) is 4.98 Å². The highest BCUT2D eigenvalue weighted by Gasteiger charge is 1.96. The fraction of sp³-hybridized carbons (Fsp3) is 0.375. The molecule has 0 saturated carbocycles. The molecule has 0 radical (unpaired) electrons. The number of halogens is 1. The van der Waals surface area contributed by atoms with E-state index in [1.807, 2.05) is 6.07 Å². The second-order valence-electron chi connectivity index (χ2n) is 2.36. The average molecular weight is 171 g/mol. The summed E-state index contributed by atoms with van der Waals surface area (Å²) in [5, 5.41) is 0.737. The van der Waals surface area contributed by atoms with Crippen LogP contribution >= 0.6 is 11.6 Å².